The maximum atomic E-state index is 12.7. The van der Waals surface area contributed by atoms with E-state index in [1.54, 1.807) is 14.0 Å². The van der Waals surface area contributed by atoms with Crippen LogP contribution in [0, 0.1) is 5.92 Å². The van der Waals surface area contributed by atoms with E-state index in [0.717, 1.165) is 44.9 Å². The Hall–Kier alpha value is -0.620. The van der Waals surface area contributed by atoms with Crippen LogP contribution in [-0.4, -0.2) is 81.1 Å². The van der Waals surface area contributed by atoms with Crippen molar-refractivity contribution in [1.29, 1.82) is 0 Å². The average molecular weight is 558 g/mol. The summed E-state index contributed by atoms with van der Waals surface area (Å²) >= 11 is 0. The molecule has 0 bridgehead atoms. The molecule has 2 aliphatic rings. The van der Waals surface area contributed by atoms with Crippen molar-refractivity contribution in [2.24, 2.45) is 10.9 Å². The molecule has 1 saturated carbocycles. The fourth-order valence-corrected chi connectivity index (χ4v) is 4.89. The lowest BCUT2D eigenvalue weighted by atomic mass is 9.88. The lowest BCUT2D eigenvalue weighted by Gasteiger charge is -2.26. The number of carbonyl (C=O) groups is 1. The van der Waals surface area contributed by atoms with Gasteiger partial charge in [0.2, 0.25) is 15.9 Å². The molecule has 0 radical (unpaired) electrons. The summed E-state index contributed by atoms with van der Waals surface area (Å²) in [5.41, 5.74) is 0. The van der Waals surface area contributed by atoms with Crippen molar-refractivity contribution < 1.29 is 13.2 Å². The first-order valence-corrected chi connectivity index (χ1v) is 12.8. The minimum Gasteiger partial charge on any atom is -0.357 e. The molecule has 1 aliphatic heterocycles. The Balaban J connectivity index is 0.00000450. The molecule has 1 amide bonds. The molecule has 8 nitrogen and oxygen atoms in total. The van der Waals surface area contributed by atoms with Crippen LogP contribution in [0.15, 0.2) is 4.99 Å². The summed E-state index contributed by atoms with van der Waals surface area (Å²) in [6.45, 7) is 6.99. The molecule has 30 heavy (non-hydrogen) atoms. The summed E-state index contributed by atoms with van der Waals surface area (Å²) in [5.74, 6) is 1.41. The number of carbonyl (C=O) groups excluding carboxylic acids is 1. The van der Waals surface area contributed by atoms with E-state index in [1.165, 1.54) is 23.6 Å². The number of guanidine groups is 1. The Morgan fingerprint density at radius 2 is 1.87 bits per heavy atom. The van der Waals surface area contributed by atoms with Crippen LogP contribution in [0.25, 0.3) is 0 Å². The van der Waals surface area contributed by atoms with E-state index in [1.807, 2.05) is 11.8 Å². The number of nitrogens with zero attached hydrogens (tertiary/aromatic N) is 3. The molecule has 0 aromatic carbocycles. The summed E-state index contributed by atoms with van der Waals surface area (Å²) < 4.78 is 25.0. The number of rotatable bonds is 9. The van der Waals surface area contributed by atoms with Gasteiger partial charge in [-0.25, -0.2) is 12.7 Å². The predicted molar refractivity (Wildman–Crippen MR) is 133 cm³/mol. The Kier molecular flexibility index (Phi) is 12.5. The smallest absolute Gasteiger partial charge is 0.225 e. The van der Waals surface area contributed by atoms with Crippen LogP contribution in [0.3, 0.4) is 0 Å². The third-order valence-corrected chi connectivity index (χ3v) is 7.74. The Morgan fingerprint density at radius 3 is 2.50 bits per heavy atom. The second-order valence-corrected chi connectivity index (χ2v) is 10.4. The normalized spacial score (nSPS) is 20.9. The molecule has 0 aromatic rings. The van der Waals surface area contributed by atoms with Gasteiger partial charge in [0.1, 0.15) is 0 Å². The van der Waals surface area contributed by atoms with Crippen LogP contribution in [0.1, 0.15) is 58.8 Å². The van der Waals surface area contributed by atoms with Crippen molar-refractivity contribution >= 4 is 45.9 Å². The molecule has 2 rings (SSSR count). The highest BCUT2D eigenvalue weighted by Gasteiger charge is 2.31. The van der Waals surface area contributed by atoms with Crippen molar-refractivity contribution in [3.63, 3.8) is 0 Å². The number of nitrogens with one attached hydrogen (secondary N) is 2. The van der Waals surface area contributed by atoms with Crippen molar-refractivity contribution in [2.75, 3.05) is 45.5 Å². The van der Waals surface area contributed by atoms with Crippen molar-refractivity contribution in [1.82, 2.24) is 19.8 Å². The SMILES string of the molecule is CCNC(=NCCCN(C)S(=O)(=O)CC)NC1CCN(C(=O)C2CCCCC2)C1.I. The molecule has 2 N–H and O–H groups in total. The van der Waals surface area contributed by atoms with E-state index in [9.17, 15) is 13.2 Å². The topological polar surface area (TPSA) is 94.1 Å². The third-order valence-electron chi connectivity index (χ3n) is 5.88. The average Bonchev–Trinajstić information content (AvgIpc) is 3.19. The predicted octanol–water partition coefficient (Wildman–Crippen LogP) is 2.01. The first-order chi connectivity index (χ1) is 13.9. The monoisotopic (exact) mass is 557 g/mol. The molecule has 0 aromatic heterocycles. The highest BCUT2D eigenvalue weighted by Crippen LogP contribution is 2.26. The van der Waals surface area contributed by atoms with Gasteiger partial charge in [0.05, 0.1) is 5.75 Å². The maximum absolute atomic E-state index is 12.7. The third kappa shape index (κ3) is 8.49. The minimum atomic E-state index is -3.14. The number of halogens is 1. The molecule has 1 heterocycles. The molecule has 1 saturated heterocycles. The second-order valence-electron chi connectivity index (χ2n) is 8.09. The lowest BCUT2D eigenvalue weighted by molar-refractivity contribution is -0.135. The molecule has 176 valence electrons. The van der Waals surface area contributed by atoms with Crippen LogP contribution in [-0.2, 0) is 14.8 Å². The Bertz CT molecular complexity index is 653. The summed E-state index contributed by atoms with van der Waals surface area (Å²) in [6.07, 6.45) is 7.30. The molecule has 2 fully saturated rings. The van der Waals surface area contributed by atoms with Gasteiger partial charge in [-0.2, -0.15) is 0 Å². The first kappa shape index (κ1) is 27.4. The van der Waals surface area contributed by atoms with Gasteiger partial charge in [-0.15, -0.1) is 24.0 Å². The minimum absolute atomic E-state index is 0. The zero-order chi connectivity index (χ0) is 21.3. The highest BCUT2D eigenvalue weighted by atomic mass is 127. The second kappa shape index (κ2) is 13.7. The van der Waals surface area contributed by atoms with Gasteiger partial charge in [0.25, 0.3) is 0 Å². The number of hydrogen-bond donors (Lipinski definition) is 2. The van der Waals surface area contributed by atoms with Crippen LogP contribution < -0.4 is 10.6 Å². The van der Waals surface area contributed by atoms with Crippen LogP contribution in [0.4, 0.5) is 0 Å². The van der Waals surface area contributed by atoms with Gasteiger partial charge in [-0.3, -0.25) is 9.79 Å². The van der Waals surface area contributed by atoms with Crippen molar-refractivity contribution in [2.45, 2.75) is 64.8 Å². The zero-order valence-corrected chi connectivity index (χ0v) is 21.9. The number of sulfonamides is 1. The molecule has 1 aliphatic carbocycles. The van der Waals surface area contributed by atoms with Gasteiger partial charge in [0.15, 0.2) is 5.96 Å². The number of hydrogen-bond acceptors (Lipinski definition) is 4. The van der Waals surface area contributed by atoms with Crippen LogP contribution >= 0.6 is 24.0 Å². The first-order valence-electron chi connectivity index (χ1n) is 11.1. The fraction of sp³-hybridized carbons (Fsp3) is 0.900. The van der Waals surface area contributed by atoms with E-state index in [2.05, 4.69) is 15.6 Å². The summed E-state index contributed by atoms with van der Waals surface area (Å²) in [6, 6.07) is 0.212. The Labute approximate surface area is 199 Å². The van der Waals surface area contributed by atoms with Gasteiger partial charge >= 0.3 is 0 Å². The van der Waals surface area contributed by atoms with E-state index < -0.39 is 10.0 Å². The molecule has 1 unspecified atom stereocenters. The summed E-state index contributed by atoms with van der Waals surface area (Å²) in [7, 11) is -1.52. The summed E-state index contributed by atoms with van der Waals surface area (Å²) in [4.78, 5) is 19.3. The molecule has 10 heteroatoms. The van der Waals surface area contributed by atoms with Gasteiger partial charge in [0, 0.05) is 51.7 Å². The van der Waals surface area contributed by atoms with Crippen molar-refractivity contribution in [3.05, 3.63) is 0 Å². The largest absolute Gasteiger partial charge is 0.357 e. The van der Waals surface area contributed by atoms with Gasteiger partial charge in [-0.05, 0) is 39.5 Å². The Morgan fingerprint density at radius 1 is 1.17 bits per heavy atom. The standard InChI is InChI=1S/C20H39N5O3S.HI/c1-4-21-20(22-13-9-14-24(3)29(27,28)5-2)23-18-12-15-25(16-18)19(26)17-10-7-6-8-11-17;/h17-18H,4-16H2,1-3H3,(H2,21,22,23);1H. The van der Waals surface area contributed by atoms with E-state index >= 15 is 0 Å². The fourth-order valence-electron chi connectivity index (χ4n) is 4.04. The number of aliphatic imine (C=N–C) groups is 1. The molecular weight excluding hydrogens is 517 g/mol. The van der Waals surface area contributed by atoms with E-state index in [4.69, 9.17) is 0 Å². The van der Waals surface area contributed by atoms with Crippen LogP contribution in [0.5, 0.6) is 0 Å². The van der Waals surface area contributed by atoms with E-state index in [0.29, 0.717) is 25.4 Å². The quantitative estimate of drug-likeness (QED) is 0.196. The van der Waals surface area contributed by atoms with Crippen molar-refractivity contribution in [3.8, 4) is 0 Å². The van der Waals surface area contributed by atoms with Gasteiger partial charge < -0.3 is 15.5 Å². The summed E-state index contributed by atoms with van der Waals surface area (Å²) in [5, 5.41) is 6.70. The molecule has 1 atom stereocenters. The van der Waals surface area contributed by atoms with E-state index in [-0.39, 0.29) is 41.7 Å². The lowest BCUT2D eigenvalue weighted by Crippen LogP contribution is -2.45. The number of amides is 1. The number of likely N-dealkylation sites (tertiary alicyclic amines) is 1. The van der Waals surface area contributed by atoms with Gasteiger partial charge in [-0.1, -0.05) is 19.3 Å². The molecular formula is C20H40IN5O3S. The maximum Gasteiger partial charge on any atom is 0.225 e. The van der Waals surface area contributed by atoms with Crippen LogP contribution in [0.2, 0.25) is 0 Å². The highest BCUT2D eigenvalue weighted by molar-refractivity contribution is 14.0. The zero-order valence-electron chi connectivity index (χ0n) is 18.7. The molecule has 0 spiro atoms.